The minimum Gasteiger partial charge on any atom is -0.492 e. The molecule has 2 aromatic rings. The number of ether oxygens (including phenoxy) is 1. The molecule has 96 valence electrons. The van der Waals surface area contributed by atoms with Gasteiger partial charge >= 0.3 is 0 Å². The van der Waals surface area contributed by atoms with E-state index in [9.17, 15) is 4.39 Å². The van der Waals surface area contributed by atoms with Crippen LogP contribution in [0.15, 0.2) is 30.7 Å². The lowest BCUT2D eigenvalue weighted by molar-refractivity contribution is 0.224. The summed E-state index contributed by atoms with van der Waals surface area (Å²) < 4.78 is 20.6. The molecule has 5 heteroatoms. The van der Waals surface area contributed by atoms with Crippen LogP contribution in [0.1, 0.15) is 6.42 Å². The zero-order valence-corrected chi connectivity index (χ0v) is 10.1. The minimum absolute atomic E-state index is 0.544. The van der Waals surface area contributed by atoms with Crippen molar-refractivity contribution in [3.63, 3.8) is 0 Å². The lowest BCUT2D eigenvalue weighted by Crippen LogP contribution is -2.26. The monoisotopic (exact) mass is 249 g/mol. The normalized spacial score (nSPS) is 20.6. The summed E-state index contributed by atoms with van der Waals surface area (Å²) in [7, 11) is 0. The predicted molar refractivity (Wildman–Crippen MR) is 66.6 cm³/mol. The fraction of sp³-hybridized carbons (Fsp3) is 0.462. The van der Waals surface area contributed by atoms with Crippen molar-refractivity contribution in [2.75, 3.05) is 26.2 Å². The molecule has 1 unspecified atom stereocenters. The van der Waals surface area contributed by atoms with Crippen LogP contribution in [-0.4, -0.2) is 46.7 Å². The van der Waals surface area contributed by atoms with Crippen LogP contribution in [0.25, 0.3) is 5.65 Å². The number of nitrogens with zero attached hydrogens (tertiary/aromatic N) is 3. The summed E-state index contributed by atoms with van der Waals surface area (Å²) in [6, 6.07) is 3.82. The maximum atomic E-state index is 13.0. The number of imidazole rings is 1. The molecule has 0 spiro atoms. The maximum Gasteiger partial charge on any atom is 0.140 e. The van der Waals surface area contributed by atoms with Crippen LogP contribution < -0.4 is 4.74 Å². The molecule has 0 aromatic carbocycles. The van der Waals surface area contributed by atoms with Crippen LogP contribution in [0.5, 0.6) is 5.75 Å². The first-order valence-corrected chi connectivity index (χ1v) is 6.23. The zero-order valence-electron chi connectivity index (χ0n) is 10.1. The van der Waals surface area contributed by atoms with Crippen molar-refractivity contribution in [1.82, 2.24) is 14.3 Å². The van der Waals surface area contributed by atoms with Crippen molar-refractivity contribution < 1.29 is 9.13 Å². The van der Waals surface area contributed by atoms with Gasteiger partial charge in [0.15, 0.2) is 0 Å². The van der Waals surface area contributed by atoms with Gasteiger partial charge in [-0.1, -0.05) is 0 Å². The smallest absolute Gasteiger partial charge is 0.140 e. The van der Waals surface area contributed by atoms with Gasteiger partial charge in [0.05, 0.1) is 0 Å². The molecule has 0 saturated carbocycles. The number of hydrogen-bond donors (Lipinski definition) is 0. The van der Waals surface area contributed by atoms with Crippen LogP contribution in [0.4, 0.5) is 4.39 Å². The largest absolute Gasteiger partial charge is 0.492 e. The van der Waals surface area contributed by atoms with Gasteiger partial charge in [-0.3, -0.25) is 4.90 Å². The first kappa shape index (κ1) is 11.5. The molecule has 1 saturated heterocycles. The van der Waals surface area contributed by atoms with Gasteiger partial charge in [-0.15, -0.1) is 0 Å². The predicted octanol–water partition coefficient (Wildman–Crippen LogP) is 1.76. The summed E-state index contributed by atoms with van der Waals surface area (Å²) in [4.78, 5) is 6.29. The van der Waals surface area contributed by atoms with Gasteiger partial charge in [-0.05, 0) is 12.5 Å². The Morgan fingerprint density at radius 3 is 3.22 bits per heavy atom. The number of aromatic nitrogens is 2. The highest BCUT2D eigenvalue weighted by atomic mass is 19.1. The molecule has 1 fully saturated rings. The molecule has 1 atom stereocenters. The Labute approximate surface area is 105 Å². The van der Waals surface area contributed by atoms with E-state index in [0.717, 1.165) is 24.5 Å². The van der Waals surface area contributed by atoms with Crippen molar-refractivity contribution in [3.8, 4) is 5.75 Å². The van der Waals surface area contributed by atoms with Crippen molar-refractivity contribution in [1.29, 1.82) is 0 Å². The molecule has 0 bridgehead atoms. The van der Waals surface area contributed by atoms with E-state index in [4.69, 9.17) is 4.74 Å². The summed E-state index contributed by atoms with van der Waals surface area (Å²) >= 11 is 0. The van der Waals surface area contributed by atoms with Gasteiger partial charge in [-0.25, -0.2) is 9.37 Å². The van der Waals surface area contributed by atoms with Crippen molar-refractivity contribution >= 4 is 5.65 Å². The van der Waals surface area contributed by atoms with Crippen LogP contribution >= 0.6 is 0 Å². The second-order valence-electron chi connectivity index (χ2n) is 4.59. The first-order chi connectivity index (χ1) is 8.81. The number of hydrogen-bond acceptors (Lipinski definition) is 3. The van der Waals surface area contributed by atoms with Crippen molar-refractivity contribution in [2.24, 2.45) is 0 Å². The summed E-state index contributed by atoms with van der Waals surface area (Å²) in [5.41, 5.74) is 0.873. The summed E-state index contributed by atoms with van der Waals surface area (Å²) in [5, 5.41) is 0. The fourth-order valence-corrected chi connectivity index (χ4v) is 2.26. The molecule has 2 aromatic heterocycles. The highest BCUT2D eigenvalue weighted by molar-refractivity contribution is 5.43. The maximum absolute atomic E-state index is 13.0. The Balaban J connectivity index is 1.53. The average Bonchev–Trinajstić information content (AvgIpc) is 2.97. The van der Waals surface area contributed by atoms with Crippen LogP contribution in [-0.2, 0) is 0 Å². The number of likely N-dealkylation sites (tertiary alicyclic amines) is 1. The van der Waals surface area contributed by atoms with Crippen molar-refractivity contribution in [3.05, 3.63) is 30.7 Å². The first-order valence-electron chi connectivity index (χ1n) is 6.23. The van der Waals surface area contributed by atoms with E-state index in [1.54, 1.807) is 6.20 Å². The van der Waals surface area contributed by atoms with E-state index in [0.29, 0.717) is 19.6 Å². The van der Waals surface area contributed by atoms with Gasteiger partial charge in [0.2, 0.25) is 0 Å². The second kappa shape index (κ2) is 4.94. The third kappa shape index (κ3) is 2.46. The van der Waals surface area contributed by atoms with Crippen LogP contribution in [0, 0.1) is 0 Å². The number of pyridine rings is 1. The van der Waals surface area contributed by atoms with Gasteiger partial charge in [-0.2, -0.15) is 0 Å². The SMILES string of the molecule is FC1CCN(CCOc2ccn3ccnc3c2)C1. The molecule has 4 nitrogen and oxygen atoms in total. The van der Waals surface area contributed by atoms with E-state index in [1.165, 1.54) is 0 Å². The highest BCUT2D eigenvalue weighted by Gasteiger charge is 2.20. The lowest BCUT2D eigenvalue weighted by Gasteiger charge is -2.14. The van der Waals surface area contributed by atoms with E-state index in [1.807, 2.05) is 28.9 Å². The quantitative estimate of drug-likeness (QED) is 0.827. The average molecular weight is 249 g/mol. The number of alkyl halides is 1. The Morgan fingerprint density at radius 1 is 1.44 bits per heavy atom. The van der Waals surface area contributed by atoms with Crippen LogP contribution in [0.3, 0.4) is 0 Å². The Hall–Kier alpha value is -1.62. The van der Waals surface area contributed by atoms with Gasteiger partial charge in [0, 0.05) is 44.3 Å². The van der Waals surface area contributed by atoms with Gasteiger partial charge < -0.3 is 9.14 Å². The third-order valence-electron chi connectivity index (χ3n) is 3.26. The van der Waals surface area contributed by atoms with E-state index in [-0.39, 0.29) is 0 Å². The molecule has 1 aliphatic heterocycles. The van der Waals surface area contributed by atoms with E-state index in [2.05, 4.69) is 9.88 Å². The summed E-state index contributed by atoms with van der Waals surface area (Å²) in [6.07, 6.45) is 5.56. The summed E-state index contributed by atoms with van der Waals surface area (Å²) in [5.74, 6) is 0.810. The molecule has 18 heavy (non-hydrogen) atoms. The molecule has 0 radical (unpaired) electrons. The number of halogens is 1. The minimum atomic E-state index is -0.661. The molecule has 1 aliphatic rings. The second-order valence-corrected chi connectivity index (χ2v) is 4.59. The topological polar surface area (TPSA) is 29.8 Å². The highest BCUT2D eigenvalue weighted by Crippen LogP contribution is 2.14. The zero-order chi connectivity index (χ0) is 12.4. The van der Waals surface area contributed by atoms with E-state index < -0.39 is 6.17 Å². The molecule has 3 heterocycles. The summed E-state index contributed by atoms with van der Waals surface area (Å²) in [6.45, 7) is 2.75. The molecule has 0 amide bonds. The Morgan fingerprint density at radius 2 is 2.39 bits per heavy atom. The molecule has 3 rings (SSSR count). The van der Waals surface area contributed by atoms with Gasteiger partial charge in [0.1, 0.15) is 24.2 Å². The van der Waals surface area contributed by atoms with Gasteiger partial charge in [0.25, 0.3) is 0 Å². The van der Waals surface area contributed by atoms with Crippen molar-refractivity contribution in [2.45, 2.75) is 12.6 Å². The standard InChI is InChI=1S/C13H16FN3O/c14-11-1-4-16(10-11)7-8-18-12-2-5-17-6-3-15-13(17)9-12/h2-3,5-6,9,11H,1,4,7-8,10H2. The third-order valence-corrected chi connectivity index (χ3v) is 3.26. The fourth-order valence-electron chi connectivity index (χ4n) is 2.26. The van der Waals surface area contributed by atoms with E-state index >= 15 is 0 Å². The Bertz CT molecular complexity index is 528. The Kier molecular flexibility index (Phi) is 3.15. The molecular weight excluding hydrogens is 233 g/mol. The van der Waals surface area contributed by atoms with Crippen LogP contribution in [0.2, 0.25) is 0 Å². The lowest BCUT2D eigenvalue weighted by atomic mass is 10.3. The molecular formula is C13H16FN3O. The molecule has 0 N–H and O–H groups in total. The number of fused-ring (bicyclic) bond motifs is 1. The number of rotatable bonds is 4. The molecule has 0 aliphatic carbocycles.